The molecule has 0 aliphatic heterocycles. The second-order valence-corrected chi connectivity index (χ2v) is 7.05. The summed E-state index contributed by atoms with van der Waals surface area (Å²) in [7, 11) is 0. The third kappa shape index (κ3) is 5.05. The second kappa shape index (κ2) is 9.00. The van der Waals surface area contributed by atoms with E-state index in [0.29, 0.717) is 12.8 Å². The van der Waals surface area contributed by atoms with Gasteiger partial charge in [0, 0.05) is 18.4 Å². The van der Waals surface area contributed by atoms with E-state index in [9.17, 15) is 9.59 Å². The van der Waals surface area contributed by atoms with Crippen molar-refractivity contribution in [1.29, 1.82) is 0 Å². The Morgan fingerprint density at radius 2 is 1.72 bits per heavy atom. The standard InChI is InChI=1S/C22H26O2S/c1-4-16-10-11-19(21(23)13-17(5-2)14-22(24)25)20(12-16)18-9-7-6-8-15(18)3/h6-12,17H,4-5,13-14H2,1-3H3,(H,24,25). The van der Waals surface area contributed by atoms with Crippen LogP contribution in [0.2, 0.25) is 0 Å². The minimum atomic E-state index is -0.153. The first kappa shape index (κ1) is 19.5. The molecule has 132 valence electrons. The van der Waals surface area contributed by atoms with Crippen LogP contribution in [0.3, 0.4) is 0 Å². The van der Waals surface area contributed by atoms with Crippen molar-refractivity contribution in [2.75, 3.05) is 0 Å². The molecule has 0 bridgehead atoms. The zero-order valence-corrected chi connectivity index (χ0v) is 16.1. The Labute approximate surface area is 156 Å². The lowest BCUT2D eigenvalue weighted by Gasteiger charge is -2.16. The van der Waals surface area contributed by atoms with Crippen molar-refractivity contribution < 1.29 is 9.59 Å². The van der Waals surface area contributed by atoms with Gasteiger partial charge in [0.05, 0.1) is 0 Å². The highest BCUT2D eigenvalue weighted by atomic mass is 32.1. The molecule has 0 saturated carbocycles. The van der Waals surface area contributed by atoms with Gasteiger partial charge in [-0.05, 0) is 41.5 Å². The number of carbonyl (C=O) groups is 2. The van der Waals surface area contributed by atoms with Crippen LogP contribution >= 0.6 is 12.6 Å². The predicted octanol–water partition coefficient (Wildman–Crippen LogP) is 5.67. The van der Waals surface area contributed by atoms with Crippen molar-refractivity contribution in [2.45, 2.75) is 46.5 Å². The SMILES string of the molecule is CCc1ccc(C(=O)CC(CC)CC(=O)S)c(-c2ccccc2C)c1. The third-order valence-corrected chi connectivity index (χ3v) is 4.93. The highest BCUT2D eigenvalue weighted by molar-refractivity contribution is 7.96. The maximum Gasteiger partial charge on any atom is 0.186 e. The highest BCUT2D eigenvalue weighted by Crippen LogP contribution is 2.30. The van der Waals surface area contributed by atoms with Gasteiger partial charge in [-0.15, -0.1) is 12.6 Å². The summed E-state index contributed by atoms with van der Waals surface area (Å²) in [6.07, 6.45) is 2.45. The summed E-state index contributed by atoms with van der Waals surface area (Å²) in [6.45, 7) is 6.19. The maximum absolute atomic E-state index is 13.0. The first-order chi connectivity index (χ1) is 12.0. The number of aryl methyl sites for hydroxylation is 2. The number of carbonyl (C=O) groups excluding carboxylic acids is 2. The number of hydrogen-bond acceptors (Lipinski definition) is 2. The van der Waals surface area contributed by atoms with Gasteiger partial charge in [-0.25, -0.2) is 0 Å². The average molecular weight is 355 g/mol. The number of ketones is 1. The molecule has 0 fully saturated rings. The second-order valence-electron chi connectivity index (χ2n) is 6.55. The minimum absolute atomic E-state index is 0.0491. The summed E-state index contributed by atoms with van der Waals surface area (Å²) in [5.41, 5.74) is 5.21. The fourth-order valence-electron chi connectivity index (χ4n) is 3.13. The van der Waals surface area contributed by atoms with Gasteiger partial charge in [0.25, 0.3) is 0 Å². The Bertz CT molecular complexity index is 764. The summed E-state index contributed by atoms with van der Waals surface area (Å²) in [6, 6.07) is 14.2. The quantitative estimate of drug-likeness (QED) is 0.489. The van der Waals surface area contributed by atoms with Crippen LogP contribution in [0.5, 0.6) is 0 Å². The van der Waals surface area contributed by atoms with Gasteiger partial charge in [0.2, 0.25) is 0 Å². The van der Waals surface area contributed by atoms with Crippen molar-refractivity contribution in [3.8, 4) is 11.1 Å². The van der Waals surface area contributed by atoms with Crippen LogP contribution in [0.1, 0.15) is 54.6 Å². The molecule has 2 nitrogen and oxygen atoms in total. The molecule has 2 aromatic rings. The molecular weight excluding hydrogens is 328 g/mol. The van der Waals surface area contributed by atoms with E-state index in [-0.39, 0.29) is 16.8 Å². The molecule has 1 atom stereocenters. The lowest BCUT2D eigenvalue weighted by atomic mass is 9.87. The average Bonchev–Trinajstić information content (AvgIpc) is 2.60. The van der Waals surface area contributed by atoms with E-state index < -0.39 is 0 Å². The molecule has 0 N–H and O–H groups in total. The van der Waals surface area contributed by atoms with Gasteiger partial charge in [-0.3, -0.25) is 9.59 Å². The Morgan fingerprint density at radius 1 is 1.00 bits per heavy atom. The Hall–Kier alpha value is -1.87. The number of hydrogen-bond donors (Lipinski definition) is 1. The fraction of sp³-hybridized carbons (Fsp3) is 0.364. The van der Waals surface area contributed by atoms with Crippen molar-refractivity contribution in [3.05, 3.63) is 59.2 Å². The van der Waals surface area contributed by atoms with Crippen molar-refractivity contribution in [2.24, 2.45) is 5.92 Å². The van der Waals surface area contributed by atoms with E-state index in [1.807, 2.05) is 31.2 Å². The molecule has 2 aromatic carbocycles. The van der Waals surface area contributed by atoms with Crippen LogP contribution in [-0.4, -0.2) is 10.9 Å². The summed E-state index contributed by atoms with van der Waals surface area (Å²) >= 11 is 3.87. The predicted molar refractivity (Wildman–Crippen MR) is 107 cm³/mol. The molecule has 3 heteroatoms. The lowest BCUT2D eigenvalue weighted by Crippen LogP contribution is -2.12. The third-order valence-electron chi connectivity index (χ3n) is 4.74. The zero-order chi connectivity index (χ0) is 18.4. The molecule has 0 heterocycles. The molecule has 1 unspecified atom stereocenters. The van der Waals surface area contributed by atoms with Crippen molar-refractivity contribution in [1.82, 2.24) is 0 Å². The van der Waals surface area contributed by atoms with E-state index in [2.05, 4.69) is 44.7 Å². The topological polar surface area (TPSA) is 34.1 Å². The molecule has 0 radical (unpaired) electrons. The first-order valence-electron chi connectivity index (χ1n) is 8.90. The fourth-order valence-corrected chi connectivity index (χ4v) is 3.39. The maximum atomic E-state index is 13.0. The van der Waals surface area contributed by atoms with Crippen molar-refractivity contribution >= 4 is 23.5 Å². The summed E-state index contributed by atoms with van der Waals surface area (Å²) in [5, 5.41) is -0.153. The first-order valence-corrected chi connectivity index (χ1v) is 9.34. The summed E-state index contributed by atoms with van der Waals surface area (Å²) in [4.78, 5) is 24.3. The van der Waals surface area contributed by atoms with E-state index in [0.717, 1.165) is 35.1 Å². The Morgan fingerprint density at radius 3 is 2.32 bits per heavy atom. The molecule has 25 heavy (non-hydrogen) atoms. The summed E-state index contributed by atoms with van der Waals surface area (Å²) in [5.74, 6) is 0.149. The Kier molecular flexibility index (Phi) is 7.01. The van der Waals surface area contributed by atoms with Gasteiger partial charge in [0.1, 0.15) is 0 Å². The monoisotopic (exact) mass is 354 g/mol. The highest BCUT2D eigenvalue weighted by Gasteiger charge is 2.19. The van der Waals surface area contributed by atoms with E-state index >= 15 is 0 Å². The van der Waals surface area contributed by atoms with Crippen LogP contribution < -0.4 is 0 Å². The summed E-state index contributed by atoms with van der Waals surface area (Å²) < 4.78 is 0. The smallest absolute Gasteiger partial charge is 0.186 e. The zero-order valence-electron chi connectivity index (χ0n) is 15.2. The number of thiol groups is 1. The molecule has 0 amide bonds. The molecular formula is C22H26O2S. The van der Waals surface area contributed by atoms with Crippen molar-refractivity contribution in [3.63, 3.8) is 0 Å². The van der Waals surface area contributed by atoms with Crippen LogP contribution in [0.15, 0.2) is 42.5 Å². The molecule has 0 spiro atoms. The largest absolute Gasteiger partial charge is 0.294 e. The van der Waals surface area contributed by atoms with Gasteiger partial charge < -0.3 is 0 Å². The van der Waals surface area contributed by atoms with E-state index in [1.54, 1.807) is 0 Å². The molecule has 2 rings (SSSR count). The molecule has 0 aliphatic carbocycles. The lowest BCUT2D eigenvalue weighted by molar-refractivity contribution is -0.111. The van der Waals surface area contributed by atoms with Gasteiger partial charge >= 0.3 is 0 Å². The van der Waals surface area contributed by atoms with Gasteiger partial charge in [-0.1, -0.05) is 62.7 Å². The molecule has 0 aliphatic rings. The number of Topliss-reactive ketones (excluding diaryl/α,β-unsaturated/α-hetero) is 1. The van der Waals surface area contributed by atoms with Crippen LogP contribution in [0.25, 0.3) is 11.1 Å². The minimum Gasteiger partial charge on any atom is -0.294 e. The van der Waals surface area contributed by atoms with Gasteiger partial charge in [-0.2, -0.15) is 0 Å². The Balaban J connectivity index is 2.42. The van der Waals surface area contributed by atoms with Crippen LogP contribution in [-0.2, 0) is 11.2 Å². The van der Waals surface area contributed by atoms with Crippen LogP contribution in [0, 0.1) is 12.8 Å². The van der Waals surface area contributed by atoms with Crippen LogP contribution in [0.4, 0.5) is 0 Å². The molecule has 0 aromatic heterocycles. The number of rotatable bonds is 8. The normalized spacial score (nSPS) is 12.0. The van der Waals surface area contributed by atoms with Gasteiger partial charge in [0.15, 0.2) is 10.9 Å². The number of benzene rings is 2. The van der Waals surface area contributed by atoms with E-state index in [4.69, 9.17) is 0 Å². The van der Waals surface area contributed by atoms with E-state index in [1.165, 1.54) is 5.56 Å². The molecule has 0 saturated heterocycles.